The van der Waals surface area contributed by atoms with Crippen LogP contribution in [0.25, 0.3) is 6.08 Å². The summed E-state index contributed by atoms with van der Waals surface area (Å²) in [4.78, 5) is 36.9. The highest BCUT2D eigenvalue weighted by atomic mass is 16.5. The van der Waals surface area contributed by atoms with E-state index < -0.39 is 5.97 Å². The second kappa shape index (κ2) is 7.81. The molecule has 3 aromatic carbocycles. The molecule has 0 fully saturated rings. The van der Waals surface area contributed by atoms with E-state index in [9.17, 15) is 14.4 Å². The summed E-state index contributed by atoms with van der Waals surface area (Å²) in [6, 6.07) is 19.6. The molecule has 6 heteroatoms. The maximum Gasteiger partial charge on any atom is 0.337 e. The molecule has 6 nitrogen and oxygen atoms in total. The third-order valence-corrected chi connectivity index (χ3v) is 5.61. The van der Waals surface area contributed by atoms with Crippen molar-refractivity contribution in [2.45, 2.75) is 12.3 Å². The van der Waals surface area contributed by atoms with E-state index in [1.807, 2.05) is 30.3 Å². The molecule has 0 amide bonds. The van der Waals surface area contributed by atoms with Crippen LogP contribution in [0.4, 0.5) is 0 Å². The highest BCUT2D eigenvalue weighted by Crippen LogP contribution is 2.48. The van der Waals surface area contributed by atoms with Gasteiger partial charge < -0.3 is 14.2 Å². The summed E-state index contributed by atoms with van der Waals surface area (Å²) in [5, 5.41) is 0. The fourth-order valence-electron chi connectivity index (χ4n) is 4.06. The van der Waals surface area contributed by atoms with Crippen molar-refractivity contribution in [2.75, 3.05) is 7.11 Å². The fraction of sp³-hybridized carbons (Fsp3) is 0.115. The molecule has 2 aliphatic rings. The van der Waals surface area contributed by atoms with E-state index in [0.717, 1.165) is 5.56 Å². The minimum absolute atomic E-state index is 0.166. The van der Waals surface area contributed by atoms with Crippen LogP contribution in [-0.4, -0.2) is 24.8 Å². The Morgan fingerprint density at radius 2 is 1.72 bits per heavy atom. The molecule has 0 radical (unpaired) electrons. The quantitative estimate of drug-likeness (QED) is 0.348. The van der Waals surface area contributed by atoms with Crippen molar-refractivity contribution in [3.05, 3.63) is 100 Å². The maximum atomic E-state index is 13.0. The first-order chi connectivity index (χ1) is 15.5. The lowest BCUT2D eigenvalue weighted by molar-refractivity contribution is -0.135. The molecule has 0 aromatic heterocycles. The number of hydrogen-bond acceptors (Lipinski definition) is 6. The summed E-state index contributed by atoms with van der Waals surface area (Å²) in [7, 11) is 1.32. The number of methoxy groups -OCH3 is 1. The Kier molecular flexibility index (Phi) is 4.82. The van der Waals surface area contributed by atoms with Crippen LogP contribution in [0.3, 0.4) is 0 Å². The molecule has 0 bridgehead atoms. The van der Waals surface area contributed by atoms with Gasteiger partial charge in [-0.2, -0.15) is 0 Å². The second-order valence-corrected chi connectivity index (χ2v) is 7.55. The molecule has 0 N–H and O–H groups in total. The number of allylic oxidation sites excluding steroid dienone is 1. The Morgan fingerprint density at radius 1 is 0.969 bits per heavy atom. The van der Waals surface area contributed by atoms with Crippen LogP contribution in [0.5, 0.6) is 11.5 Å². The van der Waals surface area contributed by atoms with E-state index in [-0.39, 0.29) is 29.9 Å². The summed E-state index contributed by atoms with van der Waals surface area (Å²) < 4.78 is 16.2. The lowest BCUT2D eigenvalue weighted by Crippen LogP contribution is -2.21. The summed E-state index contributed by atoms with van der Waals surface area (Å²) in [5.74, 6) is -0.271. The van der Waals surface area contributed by atoms with E-state index in [1.165, 1.54) is 7.11 Å². The average molecular weight is 426 g/mol. The number of Topliss-reactive ketones (excluding diaryl/α,β-unsaturated/α-hetero) is 1. The Hall–Kier alpha value is -4.19. The number of rotatable bonds is 3. The zero-order chi connectivity index (χ0) is 22.2. The van der Waals surface area contributed by atoms with Gasteiger partial charge in [-0.3, -0.25) is 9.59 Å². The molecule has 1 atom stereocenters. The number of benzene rings is 3. The summed E-state index contributed by atoms with van der Waals surface area (Å²) in [5.41, 5.74) is 3.20. The third-order valence-electron chi connectivity index (χ3n) is 5.61. The molecular weight excluding hydrogens is 408 g/mol. The average Bonchev–Trinajstić information content (AvgIpc) is 3.14. The number of hydrogen-bond donors (Lipinski definition) is 0. The van der Waals surface area contributed by atoms with Crippen molar-refractivity contribution in [3.8, 4) is 11.5 Å². The first-order valence-electron chi connectivity index (χ1n) is 10.1. The maximum absolute atomic E-state index is 13.0. The largest absolute Gasteiger partial charge is 0.465 e. The molecule has 2 aliphatic heterocycles. The van der Waals surface area contributed by atoms with Crippen molar-refractivity contribution in [3.63, 3.8) is 0 Å². The van der Waals surface area contributed by atoms with E-state index in [0.29, 0.717) is 33.8 Å². The standard InChI is InChI=1S/C26H18O6/c1-30-26(29)17-9-7-15(8-10-17)13-21-24(28)18-11-12-20-23(25(18)32-21)19(14-22(27)31-20)16-5-3-2-4-6-16/h2-13,19H,14H2,1H3/b21-13-/t19-/m1/s1. The molecule has 0 saturated carbocycles. The van der Waals surface area contributed by atoms with Gasteiger partial charge in [0.15, 0.2) is 5.76 Å². The first kappa shape index (κ1) is 19.8. The summed E-state index contributed by atoms with van der Waals surface area (Å²) in [6.07, 6.45) is 1.79. The third kappa shape index (κ3) is 3.36. The number of ketones is 1. The van der Waals surface area contributed by atoms with E-state index >= 15 is 0 Å². The number of esters is 2. The van der Waals surface area contributed by atoms with Crippen molar-refractivity contribution < 1.29 is 28.6 Å². The van der Waals surface area contributed by atoms with Gasteiger partial charge in [0.1, 0.15) is 11.5 Å². The minimum atomic E-state index is -0.432. The highest BCUT2D eigenvalue weighted by Gasteiger charge is 2.38. The van der Waals surface area contributed by atoms with Crippen LogP contribution in [0.15, 0.2) is 72.5 Å². The van der Waals surface area contributed by atoms with Gasteiger partial charge in [0.25, 0.3) is 0 Å². The van der Waals surface area contributed by atoms with Gasteiger partial charge in [-0.05, 0) is 41.5 Å². The number of ether oxygens (including phenoxy) is 3. The predicted molar refractivity (Wildman–Crippen MR) is 116 cm³/mol. The van der Waals surface area contributed by atoms with Crippen molar-refractivity contribution in [2.24, 2.45) is 0 Å². The lowest BCUT2D eigenvalue weighted by atomic mass is 9.85. The molecule has 0 saturated heterocycles. The second-order valence-electron chi connectivity index (χ2n) is 7.55. The molecule has 0 spiro atoms. The van der Waals surface area contributed by atoms with Crippen LogP contribution in [-0.2, 0) is 9.53 Å². The fourth-order valence-corrected chi connectivity index (χ4v) is 4.06. The number of carbonyl (C=O) groups is 3. The van der Waals surface area contributed by atoms with Gasteiger partial charge >= 0.3 is 11.9 Å². The molecular formula is C26H18O6. The molecule has 2 heterocycles. The van der Waals surface area contributed by atoms with Gasteiger partial charge in [0.05, 0.1) is 24.7 Å². The van der Waals surface area contributed by atoms with Crippen LogP contribution < -0.4 is 9.47 Å². The van der Waals surface area contributed by atoms with Crippen LogP contribution >= 0.6 is 0 Å². The smallest absolute Gasteiger partial charge is 0.337 e. The van der Waals surface area contributed by atoms with Gasteiger partial charge in [-0.1, -0.05) is 42.5 Å². The molecule has 0 aliphatic carbocycles. The molecule has 5 rings (SSSR count). The van der Waals surface area contributed by atoms with Gasteiger partial charge in [-0.25, -0.2) is 4.79 Å². The Bertz CT molecular complexity index is 1270. The summed E-state index contributed by atoms with van der Waals surface area (Å²) in [6.45, 7) is 0. The Morgan fingerprint density at radius 3 is 2.44 bits per heavy atom. The topological polar surface area (TPSA) is 78.9 Å². The monoisotopic (exact) mass is 426 g/mol. The van der Waals surface area contributed by atoms with E-state index in [2.05, 4.69) is 0 Å². The van der Waals surface area contributed by atoms with Crippen molar-refractivity contribution in [1.29, 1.82) is 0 Å². The van der Waals surface area contributed by atoms with Crippen LogP contribution in [0, 0.1) is 0 Å². The van der Waals surface area contributed by atoms with E-state index in [4.69, 9.17) is 14.2 Å². The zero-order valence-electron chi connectivity index (χ0n) is 17.2. The molecule has 3 aromatic rings. The molecule has 32 heavy (non-hydrogen) atoms. The SMILES string of the molecule is COC(=O)c1ccc(/C=C2\Oc3c(ccc4c3[C@@H](c3ccccc3)CC(=O)O4)C2=O)cc1. The first-order valence-corrected chi connectivity index (χ1v) is 10.1. The minimum Gasteiger partial charge on any atom is -0.465 e. The molecule has 0 unspecified atom stereocenters. The van der Waals surface area contributed by atoms with Crippen LogP contribution in [0.1, 0.15) is 49.7 Å². The summed E-state index contributed by atoms with van der Waals surface area (Å²) >= 11 is 0. The number of fused-ring (bicyclic) bond motifs is 3. The Labute approximate surface area is 184 Å². The lowest BCUT2D eigenvalue weighted by Gasteiger charge is -2.26. The highest BCUT2D eigenvalue weighted by molar-refractivity contribution is 6.15. The zero-order valence-corrected chi connectivity index (χ0v) is 17.2. The van der Waals surface area contributed by atoms with Crippen molar-refractivity contribution >= 4 is 23.8 Å². The van der Waals surface area contributed by atoms with Gasteiger partial charge in [-0.15, -0.1) is 0 Å². The molecule has 158 valence electrons. The number of carbonyl (C=O) groups excluding carboxylic acids is 3. The van der Waals surface area contributed by atoms with Gasteiger partial charge in [0, 0.05) is 11.5 Å². The van der Waals surface area contributed by atoms with Crippen molar-refractivity contribution in [1.82, 2.24) is 0 Å². The Balaban J connectivity index is 1.54. The van der Waals surface area contributed by atoms with Crippen LogP contribution in [0.2, 0.25) is 0 Å². The van der Waals surface area contributed by atoms with E-state index in [1.54, 1.807) is 42.5 Å². The normalized spacial score (nSPS) is 17.9. The predicted octanol–water partition coefficient (Wildman–Crippen LogP) is 4.53. The van der Waals surface area contributed by atoms with Gasteiger partial charge in [0.2, 0.25) is 5.78 Å².